The van der Waals surface area contributed by atoms with Gasteiger partial charge in [0.15, 0.2) is 0 Å². The third-order valence-corrected chi connectivity index (χ3v) is 4.86. The van der Waals surface area contributed by atoms with Crippen molar-refractivity contribution >= 4 is 51.2 Å². The fraction of sp³-hybridized carbons (Fsp3) is 0.300. The summed E-state index contributed by atoms with van der Waals surface area (Å²) in [5, 5.41) is 5.43. The van der Waals surface area contributed by atoms with Crippen molar-refractivity contribution < 1.29 is 0 Å². The van der Waals surface area contributed by atoms with Crippen molar-refractivity contribution in [2.45, 2.75) is 12.8 Å². The molecule has 0 bridgehead atoms. The summed E-state index contributed by atoms with van der Waals surface area (Å²) in [6.07, 6.45) is 2.14. The van der Waals surface area contributed by atoms with Crippen LogP contribution in [0.1, 0.15) is 11.4 Å². The molecule has 0 aromatic carbocycles. The summed E-state index contributed by atoms with van der Waals surface area (Å²) >= 11 is 11.1. The number of rotatable bonds is 4. The Kier molecular flexibility index (Phi) is 4.25. The number of nitrogens with zero attached hydrogens (tertiary/aromatic N) is 1. The first-order valence-electron chi connectivity index (χ1n) is 4.59. The quantitative estimate of drug-likeness (QED) is 0.819. The number of thiol groups is 1. The van der Waals surface area contributed by atoms with Crippen LogP contribution in [-0.4, -0.2) is 10.7 Å². The van der Waals surface area contributed by atoms with Gasteiger partial charge in [-0.2, -0.15) is 12.6 Å². The van der Waals surface area contributed by atoms with Gasteiger partial charge in [-0.25, -0.2) is 4.98 Å². The predicted octanol–water partition coefficient (Wildman–Crippen LogP) is 4.50. The molecule has 0 saturated carbocycles. The van der Waals surface area contributed by atoms with Crippen LogP contribution in [0.5, 0.6) is 0 Å². The normalized spacial score (nSPS) is 10.8. The van der Waals surface area contributed by atoms with Crippen molar-refractivity contribution in [3.8, 4) is 10.6 Å². The summed E-state index contributed by atoms with van der Waals surface area (Å²) in [6.45, 7) is 0. The molecule has 2 aromatic heterocycles. The van der Waals surface area contributed by atoms with Crippen molar-refractivity contribution in [2.75, 3.05) is 5.75 Å². The molecule has 0 amide bonds. The average molecular weight is 320 g/mol. The Morgan fingerprint density at radius 3 is 2.87 bits per heavy atom. The maximum absolute atomic E-state index is 4.61. The van der Waals surface area contributed by atoms with E-state index in [1.165, 1.54) is 9.88 Å². The Morgan fingerprint density at radius 2 is 2.20 bits per heavy atom. The standard InChI is InChI=1S/C10H10BrNS3/c11-7-4-9(14-5-7)8-6-15-10(12-8)2-1-3-13/h4-6,13H,1-3H2. The van der Waals surface area contributed by atoms with Gasteiger partial charge in [0.25, 0.3) is 0 Å². The molecule has 2 aromatic rings. The number of hydrogen-bond acceptors (Lipinski definition) is 4. The molecule has 0 spiro atoms. The lowest BCUT2D eigenvalue weighted by Gasteiger charge is -1.91. The number of thiazole rings is 1. The van der Waals surface area contributed by atoms with Gasteiger partial charge >= 0.3 is 0 Å². The molecule has 0 unspecified atom stereocenters. The molecule has 0 radical (unpaired) electrons. The molecule has 0 aliphatic rings. The van der Waals surface area contributed by atoms with Gasteiger partial charge in [0.05, 0.1) is 15.6 Å². The van der Waals surface area contributed by atoms with Gasteiger partial charge in [-0.05, 0) is 34.2 Å². The van der Waals surface area contributed by atoms with Gasteiger partial charge in [0.1, 0.15) is 0 Å². The molecule has 80 valence electrons. The first kappa shape index (κ1) is 11.6. The first-order chi connectivity index (χ1) is 7.29. The number of hydrogen-bond donors (Lipinski definition) is 1. The Bertz CT molecular complexity index is 435. The molecule has 0 fully saturated rings. The van der Waals surface area contributed by atoms with Crippen molar-refractivity contribution in [2.24, 2.45) is 0 Å². The second-order valence-electron chi connectivity index (χ2n) is 3.08. The second-order valence-corrected chi connectivity index (χ2v) is 6.30. The molecule has 0 saturated heterocycles. The van der Waals surface area contributed by atoms with Gasteiger partial charge in [0.2, 0.25) is 0 Å². The van der Waals surface area contributed by atoms with Crippen LogP contribution in [0, 0.1) is 0 Å². The van der Waals surface area contributed by atoms with E-state index in [9.17, 15) is 0 Å². The molecular weight excluding hydrogens is 310 g/mol. The van der Waals surface area contributed by atoms with Crippen LogP contribution in [0.25, 0.3) is 10.6 Å². The van der Waals surface area contributed by atoms with E-state index in [0.29, 0.717) is 0 Å². The van der Waals surface area contributed by atoms with Crippen LogP contribution in [0.3, 0.4) is 0 Å². The fourth-order valence-electron chi connectivity index (χ4n) is 1.22. The van der Waals surface area contributed by atoms with Gasteiger partial charge < -0.3 is 0 Å². The summed E-state index contributed by atoms with van der Waals surface area (Å²) in [6, 6.07) is 2.11. The average Bonchev–Trinajstić information content (AvgIpc) is 2.83. The van der Waals surface area contributed by atoms with Crippen LogP contribution >= 0.6 is 51.2 Å². The SMILES string of the molecule is SCCCc1nc(-c2cc(Br)cs2)cs1. The molecule has 0 N–H and O–H groups in total. The zero-order chi connectivity index (χ0) is 10.7. The highest BCUT2D eigenvalue weighted by Crippen LogP contribution is 2.30. The second kappa shape index (κ2) is 5.48. The molecule has 2 heterocycles. The third-order valence-electron chi connectivity index (χ3n) is 1.92. The molecule has 0 aliphatic carbocycles. The lowest BCUT2D eigenvalue weighted by Crippen LogP contribution is -1.84. The Morgan fingerprint density at radius 1 is 1.33 bits per heavy atom. The van der Waals surface area contributed by atoms with Crippen LogP contribution in [0.2, 0.25) is 0 Å². The van der Waals surface area contributed by atoms with Crippen LogP contribution < -0.4 is 0 Å². The van der Waals surface area contributed by atoms with E-state index in [1.807, 2.05) is 0 Å². The first-order valence-corrected chi connectivity index (χ1v) is 7.78. The molecule has 1 nitrogen and oxygen atoms in total. The van der Waals surface area contributed by atoms with Gasteiger partial charge in [0, 0.05) is 21.7 Å². The van der Waals surface area contributed by atoms with Crippen molar-refractivity contribution in [3.63, 3.8) is 0 Å². The largest absolute Gasteiger partial charge is 0.240 e. The summed E-state index contributed by atoms with van der Waals surface area (Å²) in [5.74, 6) is 0.930. The van der Waals surface area contributed by atoms with Gasteiger partial charge in [-0.1, -0.05) is 0 Å². The van der Waals surface area contributed by atoms with Crippen molar-refractivity contribution in [1.29, 1.82) is 0 Å². The van der Waals surface area contributed by atoms with Crippen LogP contribution in [0.4, 0.5) is 0 Å². The molecule has 0 aliphatic heterocycles. The summed E-state index contributed by atoms with van der Waals surface area (Å²) in [7, 11) is 0. The zero-order valence-electron chi connectivity index (χ0n) is 7.94. The Labute approximate surface area is 111 Å². The summed E-state index contributed by atoms with van der Waals surface area (Å²) in [5.41, 5.74) is 1.10. The van der Waals surface area contributed by atoms with Crippen LogP contribution in [0.15, 0.2) is 21.3 Å². The minimum atomic E-state index is 0.930. The summed E-state index contributed by atoms with van der Waals surface area (Å²) < 4.78 is 1.13. The van der Waals surface area contributed by atoms with Crippen LogP contribution in [-0.2, 0) is 6.42 Å². The Hall–Kier alpha value is 0.160. The highest BCUT2D eigenvalue weighted by molar-refractivity contribution is 9.10. The maximum Gasteiger partial charge on any atom is 0.0933 e. The topological polar surface area (TPSA) is 12.9 Å². The fourth-order valence-corrected chi connectivity index (χ4v) is 3.68. The van der Waals surface area contributed by atoms with E-state index in [-0.39, 0.29) is 0 Å². The molecule has 15 heavy (non-hydrogen) atoms. The minimum Gasteiger partial charge on any atom is -0.240 e. The minimum absolute atomic E-state index is 0.930. The molecule has 5 heteroatoms. The highest BCUT2D eigenvalue weighted by Gasteiger charge is 2.06. The lowest BCUT2D eigenvalue weighted by molar-refractivity contribution is 0.923. The van der Waals surface area contributed by atoms with E-state index in [2.05, 4.69) is 50.4 Å². The van der Waals surface area contributed by atoms with E-state index in [4.69, 9.17) is 0 Å². The Balaban J connectivity index is 2.13. The molecule has 2 rings (SSSR count). The van der Waals surface area contributed by atoms with Gasteiger partial charge in [-0.3, -0.25) is 0 Å². The van der Waals surface area contributed by atoms with E-state index >= 15 is 0 Å². The number of thiophene rings is 1. The van der Waals surface area contributed by atoms with E-state index in [1.54, 1.807) is 22.7 Å². The van der Waals surface area contributed by atoms with Gasteiger partial charge in [-0.15, -0.1) is 22.7 Å². The molecular formula is C10H10BrNS3. The lowest BCUT2D eigenvalue weighted by atomic mass is 10.3. The smallest absolute Gasteiger partial charge is 0.0933 e. The number of aromatic nitrogens is 1. The predicted molar refractivity (Wildman–Crippen MR) is 75.3 cm³/mol. The van der Waals surface area contributed by atoms with Crippen molar-refractivity contribution in [1.82, 2.24) is 4.98 Å². The monoisotopic (exact) mass is 319 g/mol. The molecule has 0 atom stereocenters. The summed E-state index contributed by atoms with van der Waals surface area (Å²) in [4.78, 5) is 5.84. The number of halogens is 1. The van der Waals surface area contributed by atoms with Crippen molar-refractivity contribution in [3.05, 3.63) is 26.3 Å². The zero-order valence-corrected chi connectivity index (χ0v) is 12.1. The third kappa shape index (κ3) is 3.06. The van der Waals surface area contributed by atoms with E-state index in [0.717, 1.165) is 28.8 Å². The number of aryl methyl sites for hydroxylation is 1. The highest BCUT2D eigenvalue weighted by atomic mass is 79.9. The maximum atomic E-state index is 4.61. The van der Waals surface area contributed by atoms with E-state index < -0.39 is 0 Å².